The van der Waals surface area contributed by atoms with Gasteiger partial charge >= 0.3 is 5.97 Å². The highest BCUT2D eigenvalue weighted by Crippen LogP contribution is 2.21. The molecule has 0 saturated carbocycles. The minimum atomic E-state index is -3.51. The van der Waals surface area contributed by atoms with E-state index >= 15 is 0 Å². The molecule has 1 aromatic carbocycles. The smallest absolute Gasteiger partial charge is 0.338 e. The second-order valence-electron chi connectivity index (χ2n) is 7.30. The molecule has 0 spiro atoms. The first-order valence-corrected chi connectivity index (χ1v) is 10.9. The zero-order valence-electron chi connectivity index (χ0n) is 15.6. The van der Waals surface area contributed by atoms with Crippen LogP contribution in [0, 0.1) is 5.92 Å². The minimum Gasteiger partial charge on any atom is -0.452 e. The molecule has 0 aliphatic carbocycles. The van der Waals surface area contributed by atoms with Crippen LogP contribution in [0.3, 0.4) is 0 Å². The van der Waals surface area contributed by atoms with Crippen LogP contribution in [-0.2, 0) is 19.6 Å². The van der Waals surface area contributed by atoms with Gasteiger partial charge in [0.2, 0.25) is 10.0 Å². The molecule has 27 heavy (non-hydrogen) atoms. The van der Waals surface area contributed by atoms with Gasteiger partial charge in [0.15, 0.2) is 6.61 Å². The number of nitrogens with zero attached hydrogens (tertiary/aromatic N) is 2. The van der Waals surface area contributed by atoms with Crippen molar-refractivity contribution in [3.05, 3.63) is 29.8 Å². The van der Waals surface area contributed by atoms with E-state index in [1.54, 1.807) is 4.90 Å². The fraction of sp³-hybridized carbons (Fsp3) is 0.579. The van der Waals surface area contributed by atoms with Crippen LogP contribution in [-0.4, -0.2) is 62.3 Å². The van der Waals surface area contributed by atoms with Crippen molar-refractivity contribution < 1.29 is 22.7 Å². The van der Waals surface area contributed by atoms with Crippen molar-refractivity contribution in [2.75, 3.05) is 32.8 Å². The lowest BCUT2D eigenvalue weighted by Gasteiger charge is -2.30. The van der Waals surface area contributed by atoms with E-state index in [1.807, 2.05) is 0 Å². The fourth-order valence-corrected chi connectivity index (χ4v) is 5.08. The Morgan fingerprint density at radius 3 is 2.37 bits per heavy atom. The van der Waals surface area contributed by atoms with Gasteiger partial charge < -0.3 is 9.64 Å². The number of carbonyl (C=O) groups is 2. The monoisotopic (exact) mass is 394 g/mol. The average molecular weight is 394 g/mol. The molecule has 2 fully saturated rings. The molecule has 1 unspecified atom stereocenters. The highest BCUT2D eigenvalue weighted by molar-refractivity contribution is 7.89. The Hall–Kier alpha value is -1.93. The van der Waals surface area contributed by atoms with Crippen molar-refractivity contribution in [1.82, 2.24) is 9.21 Å². The molecular weight excluding hydrogens is 368 g/mol. The number of sulfonamides is 1. The van der Waals surface area contributed by atoms with Crippen molar-refractivity contribution in [3.63, 3.8) is 0 Å². The standard InChI is InChI=1S/C19H26N2O5S/c1-15-5-4-10-20(13-15)18(22)14-26-19(23)16-6-8-17(9-7-16)27(24,25)21-11-2-3-12-21/h6-9,15H,2-5,10-14H2,1H3. The second-order valence-corrected chi connectivity index (χ2v) is 9.24. The van der Waals surface area contributed by atoms with Gasteiger partial charge in [-0.25, -0.2) is 13.2 Å². The molecule has 3 rings (SSSR count). The maximum Gasteiger partial charge on any atom is 0.338 e. The summed E-state index contributed by atoms with van der Waals surface area (Å²) < 4.78 is 31.6. The van der Waals surface area contributed by atoms with Crippen LogP contribution in [0.2, 0.25) is 0 Å². The molecule has 2 aliphatic rings. The van der Waals surface area contributed by atoms with Crippen LogP contribution in [0.15, 0.2) is 29.2 Å². The largest absolute Gasteiger partial charge is 0.452 e. The average Bonchev–Trinajstić information content (AvgIpc) is 3.21. The summed E-state index contributed by atoms with van der Waals surface area (Å²) in [5.41, 5.74) is 0.232. The summed E-state index contributed by atoms with van der Waals surface area (Å²) in [7, 11) is -3.51. The summed E-state index contributed by atoms with van der Waals surface area (Å²) in [4.78, 5) is 26.2. The van der Waals surface area contributed by atoms with Gasteiger partial charge in [0.25, 0.3) is 5.91 Å². The van der Waals surface area contributed by atoms with Crippen molar-refractivity contribution >= 4 is 21.9 Å². The van der Waals surface area contributed by atoms with E-state index in [4.69, 9.17) is 4.74 Å². The molecule has 0 radical (unpaired) electrons. The fourth-order valence-electron chi connectivity index (χ4n) is 3.56. The first-order chi connectivity index (χ1) is 12.9. The second kappa shape index (κ2) is 8.39. The number of carbonyl (C=O) groups excluding carboxylic acids is 2. The molecule has 0 aromatic heterocycles. The number of ether oxygens (including phenoxy) is 1. The molecule has 2 saturated heterocycles. The van der Waals surface area contributed by atoms with E-state index in [9.17, 15) is 18.0 Å². The summed E-state index contributed by atoms with van der Waals surface area (Å²) in [5, 5.41) is 0. The first-order valence-electron chi connectivity index (χ1n) is 9.43. The van der Waals surface area contributed by atoms with Crippen LogP contribution >= 0.6 is 0 Å². The topological polar surface area (TPSA) is 84.0 Å². The SMILES string of the molecule is CC1CCCN(C(=O)COC(=O)c2ccc(S(=O)(=O)N3CCCC3)cc2)C1. The third-order valence-corrected chi connectivity index (χ3v) is 7.04. The number of benzene rings is 1. The zero-order chi connectivity index (χ0) is 19.4. The van der Waals surface area contributed by atoms with E-state index in [0.29, 0.717) is 32.1 Å². The molecule has 0 bridgehead atoms. The van der Waals surface area contributed by atoms with Gasteiger partial charge in [0.1, 0.15) is 0 Å². The van der Waals surface area contributed by atoms with Crippen molar-refractivity contribution in [2.24, 2.45) is 5.92 Å². The molecule has 2 aliphatic heterocycles. The quantitative estimate of drug-likeness (QED) is 0.712. The zero-order valence-corrected chi connectivity index (χ0v) is 16.4. The Morgan fingerprint density at radius 1 is 1.07 bits per heavy atom. The third kappa shape index (κ3) is 4.68. The lowest BCUT2D eigenvalue weighted by atomic mass is 10.0. The Morgan fingerprint density at radius 2 is 1.74 bits per heavy atom. The maximum absolute atomic E-state index is 12.5. The van der Waals surface area contributed by atoms with Gasteiger partial charge in [-0.15, -0.1) is 0 Å². The molecule has 1 aromatic rings. The lowest BCUT2D eigenvalue weighted by Crippen LogP contribution is -2.41. The predicted molar refractivity (Wildman–Crippen MR) is 99.7 cm³/mol. The van der Waals surface area contributed by atoms with Gasteiger partial charge in [0, 0.05) is 26.2 Å². The van der Waals surface area contributed by atoms with E-state index < -0.39 is 16.0 Å². The Labute approximate surface area is 160 Å². The maximum atomic E-state index is 12.5. The highest BCUT2D eigenvalue weighted by atomic mass is 32.2. The number of amides is 1. The molecule has 148 valence electrons. The van der Waals surface area contributed by atoms with E-state index in [1.165, 1.54) is 28.6 Å². The predicted octanol–water partition coefficient (Wildman–Crippen LogP) is 1.89. The van der Waals surface area contributed by atoms with Gasteiger partial charge in [-0.2, -0.15) is 4.31 Å². The van der Waals surface area contributed by atoms with E-state index in [-0.39, 0.29) is 23.0 Å². The van der Waals surface area contributed by atoms with Crippen LogP contribution in [0.1, 0.15) is 43.0 Å². The van der Waals surface area contributed by atoms with E-state index in [0.717, 1.165) is 25.7 Å². The summed E-state index contributed by atoms with van der Waals surface area (Å²) >= 11 is 0. The van der Waals surface area contributed by atoms with E-state index in [2.05, 4.69) is 6.92 Å². The molecular formula is C19H26N2O5S. The third-order valence-electron chi connectivity index (χ3n) is 5.13. The van der Waals surface area contributed by atoms with Crippen molar-refractivity contribution in [2.45, 2.75) is 37.5 Å². The minimum absolute atomic E-state index is 0.166. The van der Waals surface area contributed by atoms with Crippen LogP contribution < -0.4 is 0 Å². The van der Waals surface area contributed by atoms with Gasteiger partial charge in [-0.1, -0.05) is 6.92 Å². The summed E-state index contributed by atoms with van der Waals surface area (Å²) in [6.07, 6.45) is 3.81. The van der Waals surface area contributed by atoms with Gasteiger partial charge in [0.05, 0.1) is 10.5 Å². The van der Waals surface area contributed by atoms with Crippen molar-refractivity contribution in [1.29, 1.82) is 0 Å². The van der Waals surface area contributed by atoms with Crippen LogP contribution in [0.4, 0.5) is 0 Å². The molecule has 1 atom stereocenters. The molecule has 1 amide bonds. The molecule has 8 heteroatoms. The van der Waals surface area contributed by atoms with Gasteiger partial charge in [-0.05, 0) is 55.9 Å². The summed E-state index contributed by atoms with van der Waals surface area (Å²) in [6, 6.07) is 5.69. The lowest BCUT2D eigenvalue weighted by molar-refractivity contribution is -0.136. The summed E-state index contributed by atoms with van der Waals surface area (Å²) in [5.74, 6) is -0.356. The Balaban J connectivity index is 1.56. The number of likely N-dealkylation sites (tertiary alicyclic amines) is 1. The van der Waals surface area contributed by atoms with Crippen LogP contribution in [0.25, 0.3) is 0 Å². The molecule has 7 nitrogen and oxygen atoms in total. The normalized spacial score (nSPS) is 21.2. The Kier molecular flexibility index (Phi) is 6.16. The first kappa shape index (κ1) is 19.8. The number of piperidine rings is 1. The van der Waals surface area contributed by atoms with Gasteiger partial charge in [-0.3, -0.25) is 4.79 Å². The number of esters is 1. The number of hydrogen-bond acceptors (Lipinski definition) is 5. The van der Waals surface area contributed by atoms with Crippen LogP contribution in [0.5, 0.6) is 0 Å². The Bertz CT molecular complexity index is 785. The highest BCUT2D eigenvalue weighted by Gasteiger charge is 2.27. The number of rotatable bonds is 5. The molecule has 0 N–H and O–H groups in total. The summed E-state index contributed by atoms with van der Waals surface area (Å²) in [6.45, 7) is 4.26. The molecule has 2 heterocycles. The van der Waals surface area contributed by atoms with Crippen molar-refractivity contribution in [3.8, 4) is 0 Å². The number of hydrogen-bond donors (Lipinski definition) is 0.